The third-order valence-electron chi connectivity index (χ3n) is 2.53. The molecule has 19 heavy (non-hydrogen) atoms. The minimum absolute atomic E-state index is 0.0311. The predicted octanol–water partition coefficient (Wildman–Crippen LogP) is 0.848. The maximum Gasteiger partial charge on any atom is 0.341 e. The molecule has 0 bridgehead atoms. The number of carbonyl (C=O) groups excluding carboxylic acids is 2. The number of esters is 2. The number of thioether (sulfide) groups is 1. The number of hydrogen-bond acceptors (Lipinski definition) is 7. The molecule has 0 aromatic heterocycles. The summed E-state index contributed by atoms with van der Waals surface area (Å²) < 4.78 is 9.26. The van der Waals surface area contributed by atoms with E-state index in [1.54, 1.807) is 0 Å². The molecule has 1 aliphatic rings. The van der Waals surface area contributed by atoms with Crippen LogP contribution in [0.5, 0.6) is 0 Å². The Morgan fingerprint density at radius 1 is 1.32 bits per heavy atom. The molecule has 102 valence electrons. The van der Waals surface area contributed by atoms with Gasteiger partial charge in [0.1, 0.15) is 5.57 Å². The largest absolute Gasteiger partial charge is 0.465 e. The SMILES string of the molecule is COC(=O)C1=C(C#N)C[C@H](C)SC(N)=C1C(=O)OC. The first-order valence-corrected chi connectivity index (χ1v) is 6.30. The maximum absolute atomic E-state index is 11.8. The van der Waals surface area contributed by atoms with Crippen molar-refractivity contribution in [1.82, 2.24) is 0 Å². The van der Waals surface area contributed by atoms with Gasteiger partial charge in [0.2, 0.25) is 0 Å². The average molecular weight is 282 g/mol. The Kier molecular flexibility index (Phi) is 5.01. The molecule has 0 unspecified atom stereocenters. The van der Waals surface area contributed by atoms with Crippen molar-refractivity contribution in [3.8, 4) is 6.07 Å². The van der Waals surface area contributed by atoms with Crippen molar-refractivity contribution in [3.05, 3.63) is 21.7 Å². The molecule has 7 heteroatoms. The number of allylic oxidation sites excluding steroid dienone is 1. The summed E-state index contributed by atoms with van der Waals surface area (Å²) >= 11 is 1.22. The monoisotopic (exact) mass is 282 g/mol. The van der Waals surface area contributed by atoms with Crippen LogP contribution in [0.1, 0.15) is 13.3 Å². The third kappa shape index (κ3) is 3.09. The van der Waals surface area contributed by atoms with Gasteiger partial charge in [-0.05, 0) is 6.42 Å². The van der Waals surface area contributed by atoms with Gasteiger partial charge in [0.05, 0.1) is 30.9 Å². The Bertz CT molecular complexity index is 516. The highest BCUT2D eigenvalue weighted by Gasteiger charge is 2.32. The predicted molar refractivity (Wildman–Crippen MR) is 69.6 cm³/mol. The van der Waals surface area contributed by atoms with E-state index in [-0.39, 0.29) is 27.0 Å². The Labute approximate surface area is 115 Å². The number of methoxy groups -OCH3 is 2. The van der Waals surface area contributed by atoms with Gasteiger partial charge >= 0.3 is 11.9 Å². The normalized spacial score (nSPS) is 19.6. The summed E-state index contributed by atoms with van der Waals surface area (Å²) in [7, 11) is 2.36. The summed E-state index contributed by atoms with van der Waals surface area (Å²) in [5.41, 5.74) is 5.81. The fourth-order valence-electron chi connectivity index (χ4n) is 1.71. The summed E-state index contributed by atoms with van der Waals surface area (Å²) in [6.45, 7) is 1.85. The quantitative estimate of drug-likeness (QED) is 0.749. The summed E-state index contributed by atoms with van der Waals surface area (Å²) in [5.74, 6) is -1.53. The van der Waals surface area contributed by atoms with Crippen molar-refractivity contribution >= 4 is 23.7 Å². The van der Waals surface area contributed by atoms with E-state index >= 15 is 0 Å². The van der Waals surface area contributed by atoms with Gasteiger partial charge in [-0.15, -0.1) is 11.8 Å². The van der Waals surface area contributed by atoms with Crippen LogP contribution in [0, 0.1) is 11.3 Å². The van der Waals surface area contributed by atoms with Crippen LogP contribution in [0.4, 0.5) is 0 Å². The standard InChI is InChI=1S/C12H14N2O4S/c1-6-4-7(5-13)8(11(15)17-2)9(10(14)19-6)12(16)18-3/h6H,4,14H2,1-3H3/t6-/m0/s1. The van der Waals surface area contributed by atoms with Crippen LogP contribution >= 0.6 is 11.8 Å². The molecule has 0 radical (unpaired) electrons. The van der Waals surface area contributed by atoms with Gasteiger partial charge < -0.3 is 15.2 Å². The highest BCUT2D eigenvalue weighted by atomic mass is 32.2. The van der Waals surface area contributed by atoms with E-state index in [1.165, 1.54) is 26.0 Å². The van der Waals surface area contributed by atoms with E-state index in [9.17, 15) is 9.59 Å². The van der Waals surface area contributed by atoms with E-state index in [4.69, 9.17) is 11.0 Å². The van der Waals surface area contributed by atoms with Crippen LogP contribution in [0.25, 0.3) is 0 Å². The molecule has 0 aliphatic carbocycles. The van der Waals surface area contributed by atoms with Crippen molar-refractivity contribution in [2.45, 2.75) is 18.6 Å². The number of rotatable bonds is 2. The summed E-state index contributed by atoms with van der Waals surface area (Å²) in [6, 6.07) is 1.94. The molecule has 1 atom stereocenters. The topological polar surface area (TPSA) is 102 Å². The van der Waals surface area contributed by atoms with Crippen molar-refractivity contribution < 1.29 is 19.1 Å². The van der Waals surface area contributed by atoms with E-state index < -0.39 is 11.9 Å². The van der Waals surface area contributed by atoms with Crippen molar-refractivity contribution in [2.24, 2.45) is 5.73 Å². The smallest absolute Gasteiger partial charge is 0.341 e. The minimum atomic E-state index is -0.769. The first-order chi connectivity index (χ1) is 8.96. The van der Waals surface area contributed by atoms with Crippen molar-refractivity contribution in [2.75, 3.05) is 14.2 Å². The number of ether oxygens (including phenoxy) is 2. The zero-order valence-corrected chi connectivity index (χ0v) is 11.7. The van der Waals surface area contributed by atoms with Gasteiger partial charge in [-0.1, -0.05) is 6.92 Å². The lowest BCUT2D eigenvalue weighted by Crippen LogP contribution is -2.19. The van der Waals surface area contributed by atoms with Gasteiger partial charge in [0, 0.05) is 10.8 Å². The van der Waals surface area contributed by atoms with Crippen LogP contribution in [-0.2, 0) is 19.1 Å². The zero-order valence-electron chi connectivity index (χ0n) is 10.9. The number of nitrogens with zero attached hydrogens (tertiary/aromatic N) is 1. The highest BCUT2D eigenvalue weighted by Crippen LogP contribution is 2.35. The van der Waals surface area contributed by atoms with E-state index in [0.29, 0.717) is 6.42 Å². The second kappa shape index (κ2) is 6.29. The van der Waals surface area contributed by atoms with Crippen molar-refractivity contribution in [3.63, 3.8) is 0 Å². The third-order valence-corrected chi connectivity index (χ3v) is 3.56. The number of hydrogen-bond donors (Lipinski definition) is 1. The lowest BCUT2D eigenvalue weighted by Gasteiger charge is -2.10. The summed E-state index contributed by atoms with van der Waals surface area (Å²) in [6.07, 6.45) is 0.326. The summed E-state index contributed by atoms with van der Waals surface area (Å²) in [5, 5.41) is 9.29. The van der Waals surface area contributed by atoms with Crippen LogP contribution in [0.15, 0.2) is 21.7 Å². The molecular formula is C12H14N2O4S. The minimum Gasteiger partial charge on any atom is -0.465 e. The highest BCUT2D eigenvalue weighted by molar-refractivity contribution is 8.03. The zero-order chi connectivity index (χ0) is 14.6. The van der Waals surface area contributed by atoms with Crippen LogP contribution in [0.3, 0.4) is 0 Å². The molecule has 0 aromatic carbocycles. The molecule has 0 fully saturated rings. The molecule has 0 amide bonds. The first kappa shape index (κ1) is 15.1. The van der Waals surface area contributed by atoms with Crippen LogP contribution < -0.4 is 5.73 Å². The van der Waals surface area contributed by atoms with Gasteiger partial charge in [-0.25, -0.2) is 9.59 Å². The van der Waals surface area contributed by atoms with Crippen LogP contribution in [0.2, 0.25) is 0 Å². The maximum atomic E-state index is 11.8. The molecular weight excluding hydrogens is 268 g/mol. The molecule has 1 heterocycles. The molecule has 0 aromatic rings. The molecule has 0 saturated heterocycles. The number of carbonyl (C=O) groups is 2. The van der Waals surface area contributed by atoms with Gasteiger partial charge in [-0.3, -0.25) is 0 Å². The summed E-state index contributed by atoms with van der Waals surface area (Å²) in [4.78, 5) is 23.6. The number of nitrogens with two attached hydrogens (primary N) is 1. The van der Waals surface area contributed by atoms with E-state index in [2.05, 4.69) is 9.47 Å². The molecule has 1 rings (SSSR count). The Balaban J connectivity index is 3.55. The van der Waals surface area contributed by atoms with Crippen molar-refractivity contribution in [1.29, 1.82) is 5.26 Å². The van der Waals surface area contributed by atoms with Gasteiger partial charge in [-0.2, -0.15) is 5.26 Å². The fraction of sp³-hybridized carbons (Fsp3) is 0.417. The number of nitriles is 1. The second-order valence-electron chi connectivity index (χ2n) is 3.82. The first-order valence-electron chi connectivity index (χ1n) is 5.42. The fourth-order valence-corrected chi connectivity index (χ4v) is 2.70. The van der Waals surface area contributed by atoms with E-state index in [0.717, 1.165) is 0 Å². The Morgan fingerprint density at radius 3 is 2.32 bits per heavy atom. The Morgan fingerprint density at radius 2 is 1.84 bits per heavy atom. The van der Waals surface area contributed by atoms with Gasteiger partial charge in [0.25, 0.3) is 0 Å². The lowest BCUT2D eigenvalue weighted by atomic mass is 9.98. The molecule has 6 nitrogen and oxygen atoms in total. The molecule has 1 aliphatic heterocycles. The van der Waals surface area contributed by atoms with Gasteiger partial charge in [0.15, 0.2) is 0 Å². The molecule has 0 saturated carbocycles. The lowest BCUT2D eigenvalue weighted by molar-refractivity contribution is -0.139. The second-order valence-corrected chi connectivity index (χ2v) is 5.30. The molecule has 0 spiro atoms. The Hall–Kier alpha value is -1.94. The van der Waals surface area contributed by atoms with E-state index in [1.807, 2.05) is 13.0 Å². The average Bonchev–Trinajstić information content (AvgIpc) is 2.52. The van der Waals surface area contributed by atoms with Crippen LogP contribution in [-0.4, -0.2) is 31.4 Å². The molecule has 2 N–H and O–H groups in total.